The minimum atomic E-state index is -0.233. The normalized spacial score (nSPS) is 24.1. The largest absolute Gasteiger partial charge is 0.367 e. The first-order valence-electron chi connectivity index (χ1n) is 9.95. The molecule has 0 radical (unpaired) electrons. The summed E-state index contributed by atoms with van der Waals surface area (Å²) in [6, 6.07) is 12.2. The summed E-state index contributed by atoms with van der Waals surface area (Å²) in [7, 11) is 2.09. The van der Waals surface area contributed by atoms with E-state index >= 15 is 0 Å². The fraction of sp³-hybridized carbons (Fsp3) is 0.455. The Kier molecular flexibility index (Phi) is 5.62. The van der Waals surface area contributed by atoms with E-state index in [0.29, 0.717) is 12.2 Å². The fourth-order valence-electron chi connectivity index (χ4n) is 4.32. The van der Waals surface area contributed by atoms with Crippen LogP contribution in [-0.2, 0) is 6.54 Å². The number of likely N-dealkylation sites (N-methyl/N-ethyl adjacent to an activating group) is 1. The van der Waals surface area contributed by atoms with Crippen molar-refractivity contribution in [3.63, 3.8) is 0 Å². The summed E-state index contributed by atoms with van der Waals surface area (Å²) in [4.78, 5) is 6.63. The number of likely N-dealkylation sites (tertiary alicyclic amines) is 1. The van der Waals surface area contributed by atoms with Crippen LogP contribution < -0.4 is 10.6 Å². The van der Waals surface area contributed by atoms with Gasteiger partial charge in [-0.15, -0.1) is 0 Å². The molecule has 0 spiro atoms. The summed E-state index contributed by atoms with van der Waals surface area (Å²) in [6.07, 6.45) is 0. The van der Waals surface area contributed by atoms with Crippen molar-refractivity contribution in [3.05, 3.63) is 65.2 Å². The molecular weight excluding hydrogens is 358 g/mol. The van der Waals surface area contributed by atoms with Crippen LogP contribution in [0.3, 0.4) is 0 Å². The van der Waals surface area contributed by atoms with Crippen LogP contribution in [-0.4, -0.2) is 62.2 Å². The molecular formula is C22H28F2N4. The highest BCUT2D eigenvalue weighted by Crippen LogP contribution is 2.29. The van der Waals surface area contributed by atoms with Crippen LogP contribution in [0.5, 0.6) is 0 Å². The Labute approximate surface area is 165 Å². The second-order valence-corrected chi connectivity index (χ2v) is 8.09. The number of piperazine rings is 1. The zero-order valence-corrected chi connectivity index (χ0v) is 16.3. The van der Waals surface area contributed by atoms with E-state index in [9.17, 15) is 8.78 Å². The van der Waals surface area contributed by atoms with E-state index in [4.69, 9.17) is 5.73 Å². The van der Waals surface area contributed by atoms with E-state index in [1.165, 1.54) is 12.1 Å². The maximum Gasteiger partial charge on any atom is 0.146 e. The minimum Gasteiger partial charge on any atom is -0.367 e. The minimum absolute atomic E-state index is 0.0000732. The Morgan fingerprint density at radius 2 is 1.68 bits per heavy atom. The van der Waals surface area contributed by atoms with Gasteiger partial charge in [0.25, 0.3) is 0 Å². The molecule has 6 heteroatoms. The summed E-state index contributed by atoms with van der Waals surface area (Å²) < 4.78 is 27.9. The molecule has 2 heterocycles. The molecule has 2 aromatic carbocycles. The first kappa shape index (κ1) is 19.3. The second-order valence-electron chi connectivity index (χ2n) is 8.09. The standard InChI is InChI=1S/C22H28F2N4/c1-26-8-10-28(11-9-26)22-7-2-16(12-20(22)24)13-27-14-19(21(25)15-27)17-3-5-18(23)6-4-17/h2-7,12,19,21H,8-11,13-15,25H2,1H3/t19-,21-/m1/s1. The highest BCUT2D eigenvalue weighted by Gasteiger charge is 2.31. The lowest BCUT2D eigenvalue weighted by Gasteiger charge is -2.34. The number of hydrogen-bond donors (Lipinski definition) is 1. The fourth-order valence-corrected chi connectivity index (χ4v) is 4.32. The molecule has 4 nitrogen and oxygen atoms in total. The Hall–Kier alpha value is -2.02. The van der Waals surface area contributed by atoms with Crippen molar-refractivity contribution in [1.82, 2.24) is 9.80 Å². The molecule has 2 atom stereocenters. The predicted molar refractivity (Wildman–Crippen MR) is 109 cm³/mol. The van der Waals surface area contributed by atoms with Gasteiger partial charge < -0.3 is 15.5 Å². The lowest BCUT2D eigenvalue weighted by molar-refractivity contribution is 0.311. The monoisotopic (exact) mass is 386 g/mol. The van der Waals surface area contributed by atoms with Crippen LogP contribution in [0, 0.1) is 11.6 Å². The van der Waals surface area contributed by atoms with Crippen molar-refractivity contribution < 1.29 is 8.78 Å². The molecule has 2 fully saturated rings. The smallest absolute Gasteiger partial charge is 0.146 e. The van der Waals surface area contributed by atoms with Crippen molar-refractivity contribution in [2.45, 2.75) is 18.5 Å². The van der Waals surface area contributed by atoms with E-state index in [2.05, 4.69) is 21.7 Å². The first-order chi connectivity index (χ1) is 13.5. The van der Waals surface area contributed by atoms with Crippen molar-refractivity contribution in [2.24, 2.45) is 5.73 Å². The van der Waals surface area contributed by atoms with Crippen LogP contribution in [0.2, 0.25) is 0 Å². The third-order valence-corrected chi connectivity index (χ3v) is 6.00. The van der Waals surface area contributed by atoms with Gasteiger partial charge in [-0.3, -0.25) is 4.90 Å². The Bertz CT molecular complexity index is 803. The van der Waals surface area contributed by atoms with Gasteiger partial charge in [0.1, 0.15) is 11.6 Å². The number of benzene rings is 2. The number of rotatable bonds is 4. The van der Waals surface area contributed by atoms with E-state index < -0.39 is 0 Å². The van der Waals surface area contributed by atoms with Crippen LogP contribution >= 0.6 is 0 Å². The molecule has 0 aliphatic carbocycles. The number of nitrogens with zero attached hydrogens (tertiary/aromatic N) is 3. The van der Waals surface area contributed by atoms with Crippen LogP contribution in [0.1, 0.15) is 17.0 Å². The van der Waals surface area contributed by atoms with Gasteiger partial charge in [0.2, 0.25) is 0 Å². The van der Waals surface area contributed by atoms with E-state index in [0.717, 1.165) is 50.4 Å². The second kappa shape index (κ2) is 8.15. The maximum atomic E-state index is 14.7. The van der Waals surface area contributed by atoms with E-state index in [1.54, 1.807) is 6.07 Å². The zero-order valence-electron chi connectivity index (χ0n) is 16.3. The lowest BCUT2D eigenvalue weighted by Crippen LogP contribution is -2.44. The third kappa shape index (κ3) is 4.19. The van der Waals surface area contributed by atoms with Gasteiger partial charge in [-0.1, -0.05) is 18.2 Å². The third-order valence-electron chi connectivity index (χ3n) is 6.00. The van der Waals surface area contributed by atoms with Crippen molar-refractivity contribution in [1.29, 1.82) is 0 Å². The van der Waals surface area contributed by atoms with Crippen LogP contribution in [0.15, 0.2) is 42.5 Å². The molecule has 0 saturated carbocycles. The van der Waals surface area contributed by atoms with Gasteiger partial charge in [-0.05, 0) is 42.4 Å². The average Bonchev–Trinajstić information content (AvgIpc) is 3.03. The SMILES string of the molecule is CN1CCN(c2ccc(CN3C[C@@H](N)[C@@H](c4ccc(F)cc4)C3)cc2F)CC1. The molecule has 150 valence electrons. The number of anilines is 1. The van der Waals surface area contributed by atoms with Crippen molar-refractivity contribution in [2.75, 3.05) is 51.2 Å². The average molecular weight is 386 g/mol. The molecule has 2 saturated heterocycles. The quantitative estimate of drug-likeness (QED) is 0.876. The van der Waals surface area contributed by atoms with Gasteiger partial charge in [0.05, 0.1) is 5.69 Å². The summed E-state index contributed by atoms with van der Waals surface area (Å²) in [5.41, 5.74) is 9.05. The van der Waals surface area contributed by atoms with E-state index in [1.807, 2.05) is 24.3 Å². The van der Waals surface area contributed by atoms with Crippen LogP contribution in [0.25, 0.3) is 0 Å². The predicted octanol–water partition coefficient (Wildman–Crippen LogP) is 2.64. The topological polar surface area (TPSA) is 35.7 Å². The molecule has 2 aliphatic rings. The summed E-state index contributed by atoms with van der Waals surface area (Å²) in [6.45, 7) is 5.85. The highest BCUT2D eigenvalue weighted by molar-refractivity contribution is 5.49. The number of nitrogens with two attached hydrogens (primary N) is 1. The van der Waals surface area contributed by atoms with E-state index in [-0.39, 0.29) is 23.6 Å². The maximum absolute atomic E-state index is 14.7. The van der Waals surface area contributed by atoms with Gasteiger partial charge in [0, 0.05) is 57.8 Å². The van der Waals surface area contributed by atoms with Crippen molar-refractivity contribution in [3.8, 4) is 0 Å². The first-order valence-corrected chi connectivity index (χ1v) is 9.95. The van der Waals surface area contributed by atoms with Crippen LogP contribution in [0.4, 0.5) is 14.5 Å². The highest BCUT2D eigenvalue weighted by atomic mass is 19.1. The molecule has 2 aromatic rings. The Morgan fingerprint density at radius 1 is 0.964 bits per heavy atom. The zero-order chi connectivity index (χ0) is 19.7. The van der Waals surface area contributed by atoms with Gasteiger partial charge in [0.15, 0.2) is 0 Å². The van der Waals surface area contributed by atoms with Gasteiger partial charge in [-0.25, -0.2) is 8.78 Å². The Morgan fingerprint density at radius 3 is 2.36 bits per heavy atom. The summed E-state index contributed by atoms with van der Waals surface area (Å²) in [5, 5.41) is 0. The molecule has 0 unspecified atom stereocenters. The molecule has 4 rings (SSSR count). The number of hydrogen-bond acceptors (Lipinski definition) is 4. The van der Waals surface area contributed by atoms with Gasteiger partial charge >= 0.3 is 0 Å². The number of halogens is 2. The van der Waals surface area contributed by atoms with Gasteiger partial charge in [-0.2, -0.15) is 0 Å². The molecule has 28 heavy (non-hydrogen) atoms. The molecule has 0 aromatic heterocycles. The van der Waals surface area contributed by atoms with Crippen molar-refractivity contribution >= 4 is 5.69 Å². The summed E-state index contributed by atoms with van der Waals surface area (Å²) >= 11 is 0. The summed E-state index contributed by atoms with van der Waals surface area (Å²) in [5.74, 6) is -0.209. The Balaban J connectivity index is 1.40. The molecule has 0 bridgehead atoms. The lowest BCUT2D eigenvalue weighted by atomic mass is 9.95. The molecule has 2 N–H and O–H groups in total. The molecule has 2 aliphatic heterocycles. The molecule has 0 amide bonds.